The lowest BCUT2D eigenvalue weighted by atomic mass is 10.2. The standard InChI is InChI=1S/C28H23ClFN3O3S/c1-35-25-14-22(10-11-24(25)36-13-12-31-16-18-2-8-21(30)9-3-18)33-17-32-23-15-26(37-27(23)28(33)34)19-4-6-20(29)7-5-19/h2-11,14-15,17,31H,12-13,16H2,1H3. The lowest BCUT2D eigenvalue weighted by Gasteiger charge is -2.13. The van der Waals surface area contributed by atoms with Gasteiger partial charge in [0.2, 0.25) is 0 Å². The SMILES string of the molecule is COc1cc(-n2cnc3cc(-c4ccc(Cl)cc4)sc3c2=O)ccc1OCCNCc1ccc(F)cc1. The van der Waals surface area contributed by atoms with Gasteiger partial charge in [-0.25, -0.2) is 9.37 Å². The molecule has 3 aromatic carbocycles. The summed E-state index contributed by atoms with van der Waals surface area (Å²) in [6.07, 6.45) is 1.53. The molecule has 0 saturated heterocycles. The molecule has 0 aliphatic rings. The van der Waals surface area contributed by atoms with Crippen molar-refractivity contribution in [3.8, 4) is 27.6 Å². The van der Waals surface area contributed by atoms with Crippen LogP contribution in [0.15, 0.2) is 83.9 Å². The minimum atomic E-state index is -0.251. The molecule has 188 valence electrons. The number of benzene rings is 3. The van der Waals surface area contributed by atoms with Crippen molar-refractivity contribution >= 4 is 33.2 Å². The Bertz CT molecular complexity index is 1580. The molecule has 0 bridgehead atoms. The number of nitrogens with zero attached hydrogens (tertiary/aromatic N) is 2. The molecule has 9 heteroatoms. The van der Waals surface area contributed by atoms with Crippen molar-refractivity contribution in [3.63, 3.8) is 0 Å². The highest BCUT2D eigenvalue weighted by Crippen LogP contribution is 2.33. The smallest absolute Gasteiger partial charge is 0.275 e. The Balaban J connectivity index is 1.29. The summed E-state index contributed by atoms with van der Waals surface area (Å²) in [5, 5.41) is 3.92. The number of fused-ring (bicyclic) bond motifs is 1. The Morgan fingerprint density at radius 3 is 2.57 bits per heavy atom. The average molecular weight is 536 g/mol. The second kappa shape index (κ2) is 11.1. The van der Waals surface area contributed by atoms with Crippen LogP contribution >= 0.6 is 22.9 Å². The van der Waals surface area contributed by atoms with Crippen LogP contribution in [-0.2, 0) is 6.54 Å². The molecule has 0 aliphatic heterocycles. The second-order valence-corrected chi connectivity index (χ2v) is 9.73. The Kier molecular flexibility index (Phi) is 7.50. The third-order valence-electron chi connectivity index (χ3n) is 5.77. The Labute approximate surface area is 221 Å². The molecule has 0 fully saturated rings. The Morgan fingerprint density at radius 1 is 1.03 bits per heavy atom. The first-order chi connectivity index (χ1) is 18.0. The molecular formula is C28H23ClFN3O3S. The fourth-order valence-corrected chi connectivity index (χ4v) is 5.02. The van der Waals surface area contributed by atoms with Crippen LogP contribution in [0.3, 0.4) is 0 Å². The van der Waals surface area contributed by atoms with Crippen molar-refractivity contribution in [1.82, 2.24) is 14.9 Å². The highest BCUT2D eigenvalue weighted by molar-refractivity contribution is 7.22. The molecule has 0 radical (unpaired) electrons. The first-order valence-electron chi connectivity index (χ1n) is 11.6. The Morgan fingerprint density at radius 2 is 1.81 bits per heavy atom. The van der Waals surface area contributed by atoms with Crippen LogP contribution in [0, 0.1) is 5.82 Å². The summed E-state index contributed by atoms with van der Waals surface area (Å²) in [6, 6.07) is 21.1. The zero-order valence-electron chi connectivity index (χ0n) is 19.9. The third kappa shape index (κ3) is 5.67. The fourth-order valence-electron chi connectivity index (χ4n) is 3.85. The van der Waals surface area contributed by atoms with E-state index in [1.165, 1.54) is 34.4 Å². The lowest BCUT2D eigenvalue weighted by Crippen LogP contribution is -2.21. The highest BCUT2D eigenvalue weighted by atomic mass is 35.5. The molecule has 37 heavy (non-hydrogen) atoms. The van der Waals surface area contributed by atoms with E-state index in [1.54, 1.807) is 37.4 Å². The molecular weight excluding hydrogens is 513 g/mol. The van der Waals surface area contributed by atoms with Crippen molar-refractivity contribution in [1.29, 1.82) is 0 Å². The fraction of sp³-hybridized carbons (Fsp3) is 0.143. The molecule has 0 unspecified atom stereocenters. The second-order valence-electron chi connectivity index (χ2n) is 8.24. The van der Waals surface area contributed by atoms with Gasteiger partial charge >= 0.3 is 0 Å². The normalized spacial score (nSPS) is 11.1. The third-order valence-corrected chi connectivity index (χ3v) is 7.18. The maximum Gasteiger partial charge on any atom is 0.275 e. The van der Waals surface area contributed by atoms with E-state index in [9.17, 15) is 9.18 Å². The summed E-state index contributed by atoms with van der Waals surface area (Å²) in [5.74, 6) is 0.827. The summed E-state index contributed by atoms with van der Waals surface area (Å²) in [6.45, 7) is 1.62. The largest absolute Gasteiger partial charge is 0.493 e. The summed E-state index contributed by atoms with van der Waals surface area (Å²) in [4.78, 5) is 18.8. The van der Waals surface area contributed by atoms with E-state index in [-0.39, 0.29) is 11.4 Å². The summed E-state index contributed by atoms with van der Waals surface area (Å²) in [5.41, 5.74) is 3.09. The maximum atomic E-state index is 13.3. The molecule has 6 nitrogen and oxygen atoms in total. The van der Waals surface area contributed by atoms with Crippen LogP contribution in [0.1, 0.15) is 5.56 Å². The van der Waals surface area contributed by atoms with E-state index in [0.717, 1.165) is 16.0 Å². The molecule has 5 aromatic rings. The molecule has 5 rings (SSSR count). The van der Waals surface area contributed by atoms with Crippen LogP contribution in [0.25, 0.3) is 26.3 Å². The van der Waals surface area contributed by atoms with Gasteiger partial charge in [0.05, 0.1) is 18.3 Å². The number of hydrogen-bond donors (Lipinski definition) is 1. The number of methoxy groups -OCH3 is 1. The van der Waals surface area contributed by atoms with Crippen LogP contribution in [-0.4, -0.2) is 29.8 Å². The lowest BCUT2D eigenvalue weighted by molar-refractivity contribution is 0.292. The average Bonchev–Trinajstić information content (AvgIpc) is 3.36. The molecule has 1 N–H and O–H groups in total. The van der Waals surface area contributed by atoms with E-state index >= 15 is 0 Å². The first kappa shape index (κ1) is 25.0. The van der Waals surface area contributed by atoms with Gasteiger partial charge < -0.3 is 14.8 Å². The zero-order chi connectivity index (χ0) is 25.8. The number of hydrogen-bond acceptors (Lipinski definition) is 6. The predicted octanol–water partition coefficient (Wildman–Crippen LogP) is 6.08. The molecule has 2 aromatic heterocycles. The quantitative estimate of drug-likeness (QED) is 0.232. The number of rotatable bonds is 9. The van der Waals surface area contributed by atoms with Gasteiger partial charge in [0.1, 0.15) is 23.5 Å². The van der Waals surface area contributed by atoms with Crippen molar-refractivity contribution in [2.75, 3.05) is 20.3 Å². The van der Waals surface area contributed by atoms with E-state index in [4.69, 9.17) is 21.1 Å². The van der Waals surface area contributed by atoms with Gasteiger partial charge in [0, 0.05) is 29.1 Å². The van der Waals surface area contributed by atoms with Gasteiger partial charge in [-0.1, -0.05) is 35.9 Å². The van der Waals surface area contributed by atoms with E-state index < -0.39 is 0 Å². The monoisotopic (exact) mass is 535 g/mol. The number of nitrogens with one attached hydrogen (secondary N) is 1. The van der Waals surface area contributed by atoms with Crippen molar-refractivity contribution in [3.05, 3.63) is 106 Å². The molecule has 0 atom stereocenters. The number of thiophene rings is 1. The van der Waals surface area contributed by atoms with E-state index in [1.807, 2.05) is 30.3 Å². The van der Waals surface area contributed by atoms with Crippen LogP contribution < -0.4 is 20.3 Å². The van der Waals surface area contributed by atoms with Crippen molar-refractivity contribution in [2.45, 2.75) is 6.54 Å². The zero-order valence-corrected chi connectivity index (χ0v) is 21.5. The summed E-state index contributed by atoms with van der Waals surface area (Å²) >= 11 is 7.40. The first-order valence-corrected chi connectivity index (χ1v) is 12.7. The molecule has 0 saturated carbocycles. The number of ether oxygens (including phenoxy) is 2. The number of halogens is 2. The van der Waals surface area contributed by atoms with Gasteiger partial charge in [0.15, 0.2) is 11.5 Å². The summed E-state index contributed by atoms with van der Waals surface area (Å²) < 4.78 is 26.5. The predicted molar refractivity (Wildman–Crippen MR) is 146 cm³/mol. The van der Waals surface area contributed by atoms with E-state index in [2.05, 4.69) is 10.3 Å². The van der Waals surface area contributed by atoms with Gasteiger partial charge in [-0.15, -0.1) is 11.3 Å². The van der Waals surface area contributed by atoms with E-state index in [0.29, 0.717) is 52.1 Å². The van der Waals surface area contributed by atoms with Gasteiger partial charge in [-0.2, -0.15) is 0 Å². The van der Waals surface area contributed by atoms with Gasteiger partial charge in [-0.3, -0.25) is 9.36 Å². The molecule has 0 spiro atoms. The molecule has 2 heterocycles. The molecule has 0 aliphatic carbocycles. The topological polar surface area (TPSA) is 65.4 Å². The van der Waals surface area contributed by atoms with Crippen molar-refractivity contribution < 1.29 is 13.9 Å². The van der Waals surface area contributed by atoms with Crippen LogP contribution in [0.4, 0.5) is 4.39 Å². The summed E-state index contributed by atoms with van der Waals surface area (Å²) in [7, 11) is 1.56. The number of aromatic nitrogens is 2. The van der Waals surface area contributed by atoms with Crippen LogP contribution in [0.5, 0.6) is 11.5 Å². The van der Waals surface area contributed by atoms with Crippen molar-refractivity contribution in [2.24, 2.45) is 0 Å². The minimum Gasteiger partial charge on any atom is -0.493 e. The van der Waals surface area contributed by atoms with Gasteiger partial charge in [-0.05, 0) is 53.6 Å². The molecule has 0 amide bonds. The highest BCUT2D eigenvalue weighted by Gasteiger charge is 2.13. The van der Waals surface area contributed by atoms with Gasteiger partial charge in [0.25, 0.3) is 5.56 Å². The van der Waals surface area contributed by atoms with Crippen LogP contribution in [0.2, 0.25) is 5.02 Å². The Hall–Kier alpha value is -3.72. The minimum absolute atomic E-state index is 0.157. The maximum absolute atomic E-state index is 13.3.